The fraction of sp³-hybridized carbons (Fsp3) is 0.412. The zero-order valence-electron chi connectivity index (χ0n) is 13.7. The van der Waals surface area contributed by atoms with E-state index < -0.39 is 35.7 Å². The SMILES string of the molecule is Cc1ccc(C(O)(CCNCc2ccccc2C(F)(F)F)C(F)(F)F)o1. The molecule has 0 saturated heterocycles. The molecule has 3 nitrogen and oxygen atoms in total. The van der Waals surface area contributed by atoms with Gasteiger partial charge in [-0.15, -0.1) is 0 Å². The lowest BCUT2D eigenvalue weighted by molar-refractivity contribution is -0.274. The Morgan fingerprint density at radius 1 is 1.00 bits per heavy atom. The molecule has 1 unspecified atom stereocenters. The number of aliphatic hydroxyl groups is 1. The Hall–Kier alpha value is -2.00. The fourth-order valence-electron chi connectivity index (χ4n) is 2.50. The predicted molar refractivity (Wildman–Crippen MR) is 81.2 cm³/mol. The Morgan fingerprint density at radius 2 is 1.65 bits per heavy atom. The van der Waals surface area contributed by atoms with E-state index in [0.717, 1.165) is 12.1 Å². The van der Waals surface area contributed by atoms with Gasteiger partial charge in [0.05, 0.1) is 5.56 Å². The molecule has 0 saturated carbocycles. The van der Waals surface area contributed by atoms with E-state index in [0.29, 0.717) is 0 Å². The molecule has 0 aliphatic rings. The number of furan rings is 1. The summed E-state index contributed by atoms with van der Waals surface area (Å²) in [7, 11) is 0. The molecule has 1 heterocycles. The Bertz CT molecular complexity index is 737. The quantitative estimate of drug-likeness (QED) is 0.571. The van der Waals surface area contributed by atoms with Crippen molar-refractivity contribution in [2.45, 2.75) is 37.8 Å². The van der Waals surface area contributed by atoms with Crippen molar-refractivity contribution >= 4 is 0 Å². The predicted octanol–water partition coefficient (Wildman–Crippen LogP) is 4.54. The van der Waals surface area contributed by atoms with Crippen LogP contribution in [0, 0.1) is 6.92 Å². The first-order valence-electron chi connectivity index (χ1n) is 7.67. The van der Waals surface area contributed by atoms with Gasteiger partial charge < -0.3 is 14.8 Å². The average Bonchev–Trinajstić information content (AvgIpc) is 2.96. The maximum Gasteiger partial charge on any atom is 0.424 e. The zero-order valence-corrected chi connectivity index (χ0v) is 13.7. The second-order valence-corrected chi connectivity index (χ2v) is 5.85. The highest BCUT2D eigenvalue weighted by atomic mass is 19.4. The van der Waals surface area contributed by atoms with Crippen LogP contribution in [0.15, 0.2) is 40.8 Å². The van der Waals surface area contributed by atoms with Crippen LogP contribution >= 0.6 is 0 Å². The van der Waals surface area contributed by atoms with Gasteiger partial charge >= 0.3 is 12.4 Å². The third-order valence-electron chi connectivity index (χ3n) is 3.92. The molecule has 0 aliphatic carbocycles. The fourth-order valence-corrected chi connectivity index (χ4v) is 2.50. The van der Waals surface area contributed by atoms with Gasteiger partial charge in [-0.2, -0.15) is 26.3 Å². The number of hydrogen-bond acceptors (Lipinski definition) is 3. The van der Waals surface area contributed by atoms with Crippen molar-refractivity contribution in [1.29, 1.82) is 0 Å². The van der Waals surface area contributed by atoms with E-state index in [1.54, 1.807) is 0 Å². The molecule has 2 rings (SSSR count). The minimum absolute atomic E-state index is 0.0932. The molecule has 0 fully saturated rings. The average molecular weight is 381 g/mol. The summed E-state index contributed by atoms with van der Waals surface area (Å²) in [5.74, 6) is -0.449. The van der Waals surface area contributed by atoms with E-state index in [2.05, 4.69) is 5.32 Å². The van der Waals surface area contributed by atoms with Crippen molar-refractivity contribution in [3.8, 4) is 0 Å². The second kappa shape index (κ2) is 7.32. The van der Waals surface area contributed by atoms with Crippen LogP contribution in [0.4, 0.5) is 26.3 Å². The van der Waals surface area contributed by atoms with E-state index in [-0.39, 0.29) is 24.4 Å². The van der Waals surface area contributed by atoms with Gasteiger partial charge in [-0.25, -0.2) is 0 Å². The molecule has 1 aromatic carbocycles. The normalized spacial score (nSPS) is 15.1. The number of nitrogens with one attached hydrogen (secondary N) is 1. The molecule has 0 radical (unpaired) electrons. The summed E-state index contributed by atoms with van der Waals surface area (Å²) in [5.41, 5.74) is -4.18. The molecule has 144 valence electrons. The van der Waals surface area contributed by atoms with Crippen molar-refractivity contribution in [3.05, 3.63) is 59.0 Å². The first-order valence-corrected chi connectivity index (χ1v) is 7.67. The molecule has 1 atom stereocenters. The third kappa shape index (κ3) is 4.39. The second-order valence-electron chi connectivity index (χ2n) is 5.85. The van der Waals surface area contributed by atoms with Crippen LogP contribution in [0.1, 0.15) is 29.1 Å². The van der Waals surface area contributed by atoms with Crippen LogP contribution in [0.5, 0.6) is 0 Å². The van der Waals surface area contributed by atoms with Crippen molar-refractivity contribution in [1.82, 2.24) is 5.32 Å². The lowest BCUT2D eigenvalue weighted by Crippen LogP contribution is -2.44. The summed E-state index contributed by atoms with van der Waals surface area (Å²) in [4.78, 5) is 0. The number of hydrogen-bond donors (Lipinski definition) is 2. The Kier molecular flexibility index (Phi) is 5.72. The molecular weight excluding hydrogens is 364 g/mol. The molecule has 1 aromatic heterocycles. The highest BCUT2D eigenvalue weighted by molar-refractivity contribution is 5.29. The van der Waals surface area contributed by atoms with Gasteiger partial charge in [0.15, 0.2) is 0 Å². The van der Waals surface area contributed by atoms with Crippen LogP contribution < -0.4 is 5.32 Å². The van der Waals surface area contributed by atoms with E-state index >= 15 is 0 Å². The van der Waals surface area contributed by atoms with Gasteiger partial charge in [-0.1, -0.05) is 18.2 Å². The van der Waals surface area contributed by atoms with Crippen LogP contribution in [0.3, 0.4) is 0 Å². The Morgan fingerprint density at radius 3 is 2.19 bits per heavy atom. The summed E-state index contributed by atoms with van der Waals surface area (Å²) in [5, 5.41) is 12.6. The summed E-state index contributed by atoms with van der Waals surface area (Å²) in [6.45, 7) is 0.773. The summed E-state index contributed by atoms with van der Waals surface area (Å²) >= 11 is 0. The maximum absolute atomic E-state index is 13.3. The van der Waals surface area contributed by atoms with Crippen molar-refractivity contribution in [3.63, 3.8) is 0 Å². The lowest BCUT2D eigenvalue weighted by atomic mass is 9.95. The molecule has 2 aromatic rings. The van der Waals surface area contributed by atoms with Crippen LogP contribution in [-0.2, 0) is 18.3 Å². The molecular formula is C17H17F6NO2. The molecule has 0 bridgehead atoms. The first kappa shape index (κ1) is 20.3. The first-order chi connectivity index (χ1) is 11.9. The van der Waals surface area contributed by atoms with Crippen molar-refractivity contribution in [2.75, 3.05) is 6.54 Å². The van der Waals surface area contributed by atoms with Gasteiger partial charge in [0.2, 0.25) is 5.60 Å². The van der Waals surface area contributed by atoms with Gasteiger partial charge in [0, 0.05) is 13.0 Å². The third-order valence-corrected chi connectivity index (χ3v) is 3.92. The monoisotopic (exact) mass is 381 g/mol. The van der Waals surface area contributed by atoms with Gasteiger partial charge in [0.1, 0.15) is 11.5 Å². The molecule has 0 amide bonds. The smallest absolute Gasteiger partial charge is 0.424 e. The molecule has 0 spiro atoms. The number of benzene rings is 1. The maximum atomic E-state index is 13.3. The van der Waals surface area contributed by atoms with Crippen LogP contribution in [0.25, 0.3) is 0 Å². The van der Waals surface area contributed by atoms with Gasteiger partial charge in [-0.05, 0) is 37.2 Å². The highest BCUT2D eigenvalue weighted by Gasteiger charge is 2.56. The summed E-state index contributed by atoms with van der Waals surface area (Å²) in [6, 6.07) is 7.09. The van der Waals surface area contributed by atoms with E-state index in [1.165, 1.54) is 31.2 Å². The van der Waals surface area contributed by atoms with E-state index in [1.807, 2.05) is 0 Å². The highest BCUT2D eigenvalue weighted by Crippen LogP contribution is 2.42. The standard InChI is InChI=1S/C17H17F6NO2/c1-11-6-7-14(26-11)15(25,17(21,22)23)8-9-24-10-12-4-2-3-5-13(12)16(18,19)20/h2-7,24-25H,8-10H2,1H3. The molecule has 9 heteroatoms. The largest absolute Gasteiger partial charge is 0.463 e. The van der Waals surface area contributed by atoms with Gasteiger partial charge in [0.25, 0.3) is 0 Å². The lowest BCUT2D eigenvalue weighted by Gasteiger charge is -2.28. The number of aryl methyl sites for hydroxylation is 1. The Labute approximate surface area is 145 Å². The van der Waals surface area contributed by atoms with E-state index in [9.17, 15) is 31.4 Å². The van der Waals surface area contributed by atoms with Gasteiger partial charge in [-0.3, -0.25) is 0 Å². The minimum Gasteiger partial charge on any atom is -0.463 e. The topological polar surface area (TPSA) is 45.4 Å². The van der Waals surface area contributed by atoms with Crippen LogP contribution in [0.2, 0.25) is 0 Å². The summed E-state index contributed by atoms with van der Waals surface area (Å²) < 4.78 is 83.5. The number of rotatable bonds is 6. The summed E-state index contributed by atoms with van der Waals surface area (Å²) in [6.07, 6.45) is -10.4. The molecule has 26 heavy (non-hydrogen) atoms. The minimum atomic E-state index is -5.00. The zero-order chi connectivity index (χ0) is 19.6. The van der Waals surface area contributed by atoms with Crippen LogP contribution in [-0.4, -0.2) is 17.8 Å². The number of alkyl halides is 6. The van der Waals surface area contributed by atoms with E-state index in [4.69, 9.17) is 4.42 Å². The van der Waals surface area contributed by atoms with Crippen molar-refractivity contribution < 1.29 is 35.9 Å². The molecule has 0 aliphatic heterocycles. The number of halogens is 6. The van der Waals surface area contributed by atoms with Crippen molar-refractivity contribution in [2.24, 2.45) is 0 Å². The Balaban J connectivity index is 2.06. The molecule has 2 N–H and O–H groups in total.